The van der Waals surface area contributed by atoms with Crippen molar-refractivity contribution in [2.75, 3.05) is 7.11 Å². The number of carbonyl (C=O) groups is 1. The largest absolute Gasteiger partial charge is 0.469 e. The Morgan fingerprint density at radius 3 is 2.44 bits per heavy atom. The Morgan fingerprint density at radius 2 is 1.83 bits per heavy atom. The number of benzene rings is 1. The molecule has 0 aromatic heterocycles. The Labute approximate surface area is 109 Å². The van der Waals surface area contributed by atoms with Crippen molar-refractivity contribution < 1.29 is 9.53 Å². The first kappa shape index (κ1) is 13.1. The van der Waals surface area contributed by atoms with E-state index >= 15 is 0 Å². The van der Waals surface area contributed by atoms with Gasteiger partial charge in [0.1, 0.15) is 0 Å². The average Bonchev–Trinajstić information content (AvgIpc) is 2.46. The van der Waals surface area contributed by atoms with E-state index in [0.717, 1.165) is 12.3 Å². The Balaban J connectivity index is 1.76. The summed E-state index contributed by atoms with van der Waals surface area (Å²) in [5, 5.41) is 0. The van der Waals surface area contributed by atoms with Gasteiger partial charge in [0, 0.05) is 6.42 Å². The van der Waals surface area contributed by atoms with Crippen LogP contribution in [0.5, 0.6) is 0 Å². The highest BCUT2D eigenvalue weighted by Gasteiger charge is 2.22. The Kier molecular flexibility index (Phi) is 4.80. The van der Waals surface area contributed by atoms with Gasteiger partial charge in [-0.05, 0) is 49.5 Å². The van der Waals surface area contributed by atoms with Crippen LogP contribution >= 0.6 is 0 Å². The zero-order chi connectivity index (χ0) is 12.8. The van der Waals surface area contributed by atoms with Crippen LogP contribution in [0.15, 0.2) is 30.3 Å². The van der Waals surface area contributed by atoms with Gasteiger partial charge in [-0.1, -0.05) is 30.3 Å². The molecule has 1 aromatic carbocycles. The van der Waals surface area contributed by atoms with Crippen molar-refractivity contribution in [3.8, 4) is 0 Å². The lowest BCUT2D eigenvalue weighted by Crippen LogP contribution is -2.14. The van der Waals surface area contributed by atoms with E-state index < -0.39 is 0 Å². The molecular formula is C16H22O2. The van der Waals surface area contributed by atoms with Crippen LogP contribution in [0.3, 0.4) is 0 Å². The highest BCUT2D eigenvalue weighted by Crippen LogP contribution is 2.37. The molecule has 2 rings (SSSR count). The maximum atomic E-state index is 11.1. The van der Waals surface area contributed by atoms with Crippen LogP contribution in [-0.4, -0.2) is 13.1 Å². The molecule has 0 unspecified atom stereocenters. The van der Waals surface area contributed by atoms with Crippen LogP contribution < -0.4 is 0 Å². The number of hydrogen-bond donors (Lipinski definition) is 0. The second-order valence-electron chi connectivity index (χ2n) is 5.24. The third-order valence-corrected chi connectivity index (χ3v) is 4.10. The van der Waals surface area contributed by atoms with Crippen molar-refractivity contribution >= 4 is 5.97 Å². The van der Waals surface area contributed by atoms with Crippen molar-refractivity contribution in [2.24, 2.45) is 5.92 Å². The van der Waals surface area contributed by atoms with Crippen LogP contribution in [0, 0.1) is 5.92 Å². The fourth-order valence-corrected chi connectivity index (χ4v) is 2.93. The van der Waals surface area contributed by atoms with Gasteiger partial charge in [0.15, 0.2) is 0 Å². The molecule has 0 atom stereocenters. The molecule has 0 amide bonds. The minimum Gasteiger partial charge on any atom is -0.469 e. The summed E-state index contributed by atoms with van der Waals surface area (Å²) in [6, 6.07) is 10.8. The molecule has 1 saturated carbocycles. The van der Waals surface area contributed by atoms with Gasteiger partial charge in [0.25, 0.3) is 0 Å². The summed E-state index contributed by atoms with van der Waals surface area (Å²) >= 11 is 0. The maximum absolute atomic E-state index is 11.1. The molecular weight excluding hydrogens is 224 g/mol. The van der Waals surface area contributed by atoms with Crippen LogP contribution in [0.2, 0.25) is 0 Å². The molecule has 0 bridgehead atoms. The Hall–Kier alpha value is -1.31. The predicted molar refractivity (Wildman–Crippen MR) is 72.4 cm³/mol. The first-order valence-electron chi connectivity index (χ1n) is 6.91. The van der Waals surface area contributed by atoms with Crippen molar-refractivity contribution in [1.82, 2.24) is 0 Å². The third-order valence-electron chi connectivity index (χ3n) is 4.10. The average molecular weight is 246 g/mol. The molecule has 1 aromatic rings. The summed E-state index contributed by atoms with van der Waals surface area (Å²) in [5.41, 5.74) is 1.48. The molecule has 0 N–H and O–H groups in total. The summed E-state index contributed by atoms with van der Waals surface area (Å²) in [4.78, 5) is 11.1. The van der Waals surface area contributed by atoms with E-state index in [1.54, 1.807) is 0 Å². The summed E-state index contributed by atoms with van der Waals surface area (Å²) in [6.07, 6.45) is 6.59. The lowest BCUT2D eigenvalue weighted by atomic mass is 9.77. The van der Waals surface area contributed by atoms with Crippen LogP contribution in [0.1, 0.15) is 50.0 Å². The zero-order valence-electron chi connectivity index (χ0n) is 11.1. The molecule has 0 saturated heterocycles. The van der Waals surface area contributed by atoms with E-state index in [1.165, 1.54) is 38.4 Å². The SMILES string of the molecule is COC(=O)CCC1CCC(c2ccccc2)CC1. The lowest BCUT2D eigenvalue weighted by molar-refractivity contribution is -0.141. The molecule has 0 radical (unpaired) electrons. The molecule has 2 nitrogen and oxygen atoms in total. The highest BCUT2D eigenvalue weighted by atomic mass is 16.5. The second kappa shape index (κ2) is 6.58. The number of methoxy groups -OCH3 is 1. The van der Waals surface area contributed by atoms with E-state index in [9.17, 15) is 4.79 Å². The first-order chi connectivity index (χ1) is 8.79. The molecule has 0 aliphatic heterocycles. The normalized spacial score (nSPS) is 23.6. The van der Waals surface area contributed by atoms with Gasteiger partial charge in [0.2, 0.25) is 0 Å². The quantitative estimate of drug-likeness (QED) is 0.753. The Morgan fingerprint density at radius 1 is 1.17 bits per heavy atom. The van der Waals surface area contributed by atoms with Gasteiger partial charge >= 0.3 is 5.97 Å². The number of hydrogen-bond acceptors (Lipinski definition) is 2. The third kappa shape index (κ3) is 3.59. The first-order valence-corrected chi connectivity index (χ1v) is 6.91. The number of ether oxygens (including phenoxy) is 1. The fourth-order valence-electron chi connectivity index (χ4n) is 2.93. The summed E-state index contributed by atoms with van der Waals surface area (Å²) in [7, 11) is 1.47. The van der Waals surface area contributed by atoms with Crippen LogP contribution in [-0.2, 0) is 9.53 Å². The van der Waals surface area contributed by atoms with Crippen molar-refractivity contribution in [3.63, 3.8) is 0 Å². The summed E-state index contributed by atoms with van der Waals surface area (Å²) < 4.78 is 4.69. The Bertz CT molecular complexity index is 364. The number of esters is 1. The van der Waals surface area contributed by atoms with Gasteiger partial charge in [0.05, 0.1) is 7.11 Å². The van der Waals surface area contributed by atoms with Crippen molar-refractivity contribution in [1.29, 1.82) is 0 Å². The standard InChI is InChI=1S/C16H22O2/c1-18-16(17)12-9-13-7-10-15(11-8-13)14-5-3-2-4-6-14/h2-6,13,15H,7-12H2,1H3. The van der Waals surface area contributed by atoms with E-state index in [-0.39, 0.29) is 5.97 Å². The highest BCUT2D eigenvalue weighted by molar-refractivity contribution is 5.69. The number of rotatable bonds is 4. The predicted octanol–water partition coefficient (Wildman–Crippen LogP) is 3.91. The second-order valence-corrected chi connectivity index (χ2v) is 5.24. The van der Waals surface area contributed by atoms with E-state index in [1.807, 2.05) is 0 Å². The lowest BCUT2D eigenvalue weighted by Gasteiger charge is -2.28. The minimum atomic E-state index is -0.0693. The van der Waals surface area contributed by atoms with E-state index in [2.05, 4.69) is 30.3 Å². The summed E-state index contributed by atoms with van der Waals surface area (Å²) in [5.74, 6) is 1.37. The monoisotopic (exact) mass is 246 g/mol. The molecule has 0 spiro atoms. The fraction of sp³-hybridized carbons (Fsp3) is 0.562. The maximum Gasteiger partial charge on any atom is 0.305 e. The van der Waals surface area contributed by atoms with Gasteiger partial charge in [-0.2, -0.15) is 0 Å². The van der Waals surface area contributed by atoms with E-state index in [0.29, 0.717) is 12.3 Å². The minimum absolute atomic E-state index is 0.0693. The zero-order valence-corrected chi connectivity index (χ0v) is 11.1. The van der Waals surface area contributed by atoms with Crippen LogP contribution in [0.4, 0.5) is 0 Å². The molecule has 1 aliphatic carbocycles. The van der Waals surface area contributed by atoms with Gasteiger partial charge in [-0.15, -0.1) is 0 Å². The summed E-state index contributed by atoms with van der Waals surface area (Å²) in [6.45, 7) is 0. The molecule has 1 aliphatic rings. The molecule has 98 valence electrons. The molecule has 0 heterocycles. The van der Waals surface area contributed by atoms with Gasteiger partial charge in [-0.3, -0.25) is 4.79 Å². The smallest absolute Gasteiger partial charge is 0.305 e. The van der Waals surface area contributed by atoms with Crippen molar-refractivity contribution in [3.05, 3.63) is 35.9 Å². The van der Waals surface area contributed by atoms with Gasteiger partial charge in [-0.25, -0.2) is 0 Å². The molecule has 18 heavy (non-hydrogen) atoms. The van der Waals surface area contributed by atoms with E-state index in [4.69, 9.17) is 4.74 Å². The van der Waals surface area contributed by atoms with Crippen molar-refractivity contribution in [2.45, 2.75) is 44.4 Å². The topological polar surface area (TPSA) is 26.3 Å². The molecule has 1 fully saturated rings. The van der Waals surface area contributed by atoms with Gasteiger partial charge < -0.3 is 4.74 Å². The number of carbonyl (C=O) groups excluding carboxylic acids is 1. The molecule has 2 heteroatoms. The van der Waals surface area contributed by atoms with Crippen LogP contribution in [0.25, 0.3) is 0 Å².